The minimum Gasteiger partial charge on any atom is -0.481 e. The third-order valence-electron chi connectivity index (χ3n) is 4.13. The third-order valence-corrected chi connectivity index (χ3v) is 4.13. The van der Waals surface area contributed by atoms with Crippen molar-refractivity contribution in [3.63, 3.8) is 0 Å². The number of nitrogens with zero attached hydrogens (tertiary/aromatic N) is 4. The van der Waals surface area contributed by atoms with E-state index in [0.29, 0.717) is 18.9 Å². The van der Waals surface area contributed by atoms with Crippen molar-refractivity contribution >= 4 is 5.97 Å². The smallest absolute Gasteiger partial charge is 0.451 e. The van der Waals surface area contributed by atoms with Gasteiger partial charge in [-0.2, -0.15) is 13.2 Å². The lowest BCUT2D eigenvalue weighted by Gasteiger charge is -2.30. The highest BCUT2D eigenvalue weighted by molar-refractivity contribution is 5.68. The maximum atomic E-state index is 12.7. The number of aromatic nitrogens is 3. The topological polar surface area (TPSA) is 71.2 Å². The Morgan fingerprint density at radius 3 is 2.57 bits per heavy atom. The van der Waals surface area contributed by atoms with Crippen molar-refractivity contribution in [1.82, 2.24) is 19.7 Å². The Morgan fingerprint density at radius 2 is 2.00 bits per heavy atom. The van der Waals surface area contributed by atoms with Crippen LogP contribution >= 0.6 is 0 Å². The number of carboxylic acids is 1. The fraction of sp³-hybridized carbons (Fsp3) is 0.750. The van der Waals surface area contributed by atoms with Crippen molar-refractivity contribution in [2.75, 3.05) is 13.1 Å². The van der Waals surface area contributed by atoms with Gasteiger partial charge in [-0.3, -0.25) is 9.69 Å². The van der Waals surface area contributed by atoms with Crippen LogP contribution in [0, 0.1) is 5.41 Å². The highest BCUT2D eigenvalue weighted by Crippen LogP contribution is 2.49. The molecule has 0 radical (unpaired) electrons. The summed E-state index contributed by atoms with van der Waals surface area (Å²) in [5.41, 5.74) is -0.207. The summed E-state index contributed by atoms with van der Waals surface area (Å²) < 4.78 is 39.3. The first-order valence-electron chi connectivity index (χ1n) is 6.73. The Bertz CT molecular complexity index is 565. The first-order chi connectivity index (χ1) is 9.79. The molecule has 3 rings (SSSR count). The van der Waals surface area contributed by atoms with Crippen molar-refractivity contribution in [2.24, 2.45) is 5.41 Å². The van der Waals surface area contributed by atoms with E-state index in [1.807, 2.05) is 4.90 Å². The van der Waals surface area contributed by atoms with Crippen LogP contribution < -0.4 is 0 Å². The van der Waals surface area contributed by atoms with Crippen molar-refractivity contribution in [3.8, 4) is 0 Å². The first kappa shape index (κ1) is 14.3. The number of alkyl halides is 3. The number of halogens is 3. The van der Waals surface area contributed by atoms with Crippen LogP contribution in [-0.2, 0) is 24.1 Å². The Balaban J connectivity index is 1.69. The van der Waals surface area contributed by atoms with Gasteiger partial charge in [-0.25, -0.2) is 0 Å². The second-order valence-electron chi connectivity index (χ2n) is 5.87. The molecule has 0 amide bonds. The van der Waals surface area contributed by atoms with Gasteiger partial charge >= 0.3 is 12.1 Å². The summed E-state index contributed by atoms with van der Waals surface area (Å²) in [5.74, 6) is -1.49. The molecular weight excluding hydrogens is 289 g/mol. The number of hydrogen-bond donors (Lipinski definition) is 1. The zero-order valence-electron chi connectivity index (χ0n) is 11.2. The minimum absolute atomic E-state index is 0.115. The van der Waals surface area contributed by atoms with E-state index < -0.39 is 18.0 Å². The maximum absolute atomic E-state index is 12.7. The highest BCUT2D eigenvalue weighted by Gasteiger charge is 2.46. The molecule has 21 heavy (non-hydrogen) atoms. The normalized spacial score (nSPS) is 21.1. The van der Waals surface area contributed by atoms with Crippen molar-refractivity contribution < 1.29 is 23.1 Å². The summed E-state index contributed by atoms with van der Waals surface area (Å²) >= 11 is 0. The van der Waals surface area contributed by atoms with Crippen LogP contribution in [-0.4, -0.2) is 43.8 Å². The molecule has 1 fully saturated rings. The standard InChI is InChI=1S/C12H15F3N4O2/c13-12(14,15)10-17-16-8-6-18(3-4-19(8)10)7-11(1-2-11)5-9(20)21/h1-7H2,(H,20,21). The van der Waals surface area contributed by atoms with E-state index in [-0.39, 0.29) is 24.9 Å². The number of fused-ring (bicyclic) bond motifs is 1. The molecule has 1 aliphatic heterocycles. The largest absolute Gasteiger partial charge is 0.481 e. The number of aliphatic carboxylic acids is 1. The molecule has 6 nitrogen and oxygen atoms in total. The van der Waals surface area contributed by atoms with Crippen molar-refractivity contribution in [3.05, 3.63) is 11.6 Å². The average Bonchev–Trinajstić information content (AvgIpc) is 2.95. The lowest BCUT2D eigenvalue weighted by Crippen LogP contribution is -2.39. The van der Waals surface area contributed by atoms with Crippen LogP contribution in [0.5, 0.6) is 0 Å². The van der Waals surface area contributed by atoms with Gasteiger partial charge in [0.15, 0.2) is 0 Å². The van der Waals surface area contributed by atoms with Crippen molar-refractivity contribution in [2.45, 2.75) is 38.5 Å². The summed E-state index contributed by atoms with van der Waals surface area (Å²) in [6.45, 7) is 1.51. The lowest BCUT2D eigenvalue weighted by atomic mass is 10.0. The molecule has 1 aromatic rings. The van der Waals surface area contributed by atoms with Gasteiger partial charge < -0.3 is 9.67 Å². The van der Waals surface area contributed by atoms with E-state index in [9.17, 15) is 18.0 Å². The predicted molar refractivity (Wildman–Crippen MR) is 64.2 cm³/mol. The molecule has 0 unspecified atom stereocenters. The Hall–Kier alpha value is -1.64. The van der Waals surface area contributed by atoms with Gasteiger partial charge in [0.2, 0.25) is 5.82 Å². The van der Waals surface area contributed by atoms with E-state index in [2.05, 4.69) is 10.2 Å². The van der Waals surface area contributed by atoms with E-state index in [1.54, 1.807) is 0 Å². The molecule has 1 saturated carbocycles. The number of rotatable bonds is 4. The minimum atomic E-state index is -4.49. The van der Waals surface area contributed by atoms with Gasteiger partial charge in [0.05, 0.1) is 13.0 Å². The van der Waals surface area contributed by atoms with Gasteiger partial charge in [-0.1, -0.05) is 0 Å². The van der Waals surface area contributed by atoms with Gasteiger partial charge in [-0.05, 0) is 18.3 Å². The summed E-state index contributed by atoms with van der Waals surface area (Å²) in [4.78, 5) is 12.8. The molecule has 2 aliphatic rings. The number of carbonyl (C=O) groups is 1. The van der Waals surface area contributed by atoms with E-state index >= 15 is 0 Å². The molecule has 1 N–H and O–H groups in total. The molecule has 0 bridgehead atoms. The maximum Gasteiger partial charge on any atom is 0.451 e. The van der Waals surface area contributed by atoms with Gasteiger partial charge in [0.25, 0.3) is 0 Å². The second kappa shape index (κ2) is 4.69. The zero-order valence-corrected chi connectivity index (χ0v) is 11.2. The fourth-order valence-electron chi connectivity index (χ4n) is 2.92. The number of carboxylic acid groups (broad SMARTS) is 1. The molecule has 116 valence electrons. The lowest BCUT2D eigenvalue weighted by molar-refractivity contribution is -0.148. The summed E-state index contributed by atoms with van der Waals surface area (Å²) in [6.07, 6.45) is -2.66. The number of hydrogen-bond acceptors (Lipinski definition) is 4. The molecule has 1 aliphatic carbocycles. The van der Waals surface area contributed by atoms with Crippen LogP contribution in [0.3, 0.4) is 0 Å². The van der Waals surface area contributed by atoms with Crippen LogP contribution in [0.4, 0.5) is 13.2 Å². The molecule has 0 spiro atoms. The van der Waals surface area contributed by atoms with Gasteiger partial charge in [0.1, 0.15) is 5.82 Å². The molecule has 9 heteroatoms. The van der Waals surface area contributed by atoms with Gasteiger partial charge in [0, 0.05) is 19.6 Å². The van der Waals surface area contributed by atoms with Crippen molar-refractivity contribution in [1.29, 1.82) is 0 Å². The summed E-state index contributed by atoms with van der Waals surface area (Å²) in [7, 11) is 0. The third kappa shape index (κ3) is 2.87. The van der Waals surface area contributed by atoms with Crippen LogP contribution in [0.1, 0.15) is 30.9 Å². The molecule has 0 aromatic carbocycles. The zero-order chi connectivity index (χ0) is 15.3. The SMILES string of the molecule is O=C(O)CC1(CN2CCn3c(nnc3C(F)(F)F)C2)CC1. The summed E-state index contributed by atoms with van der Waals surface area (Å²) in [5, 5.41) is 15.8. The second-order valence-corrected chi connectivity index (χ2v) is 5.87. The molecule has 0 atom stereocenters. The molecule has 2 heterocycles. The van der Waals surface area contributed by atoms with Crippen LogP contribution in [0.2, 0.25) is 0 Å². The van der Waals surface area contributed by atoms with Crippen LogP contribution in [0.15, 0.2) is 0 Å². The quantitative estimate of drug-likeness (QED) is 0.909. The Kier molecular flexibility index (Phi) is 3.19. The van der Waals surface area contributed by atoms with E-state index in [1.165, 1.54) is 0 Å². The Labute approximate surface area is 118 Å². The van der Waals surface area contributed by atoms with Crippen LogP contribution in [0.25, 0.3) is 0 Å². The molecular formula is C12H15F3N4O2. The molecule has 1 aromatic heterocycles. The molecule has 0 saturated heterocycles. The summed E-state index contributed by atoms with van der Waals surface area (Å²) in [6, 6.07) is 0. The van der Waals surface area contributed by atoms with E-state index in [4.69, 9.17) is 5.11 Å². The van der Waals surface area contributed by atoms with Gasteiger partial charge in [-0.15, -0.1) is 10.2 Å². The fourth-order valence-corrected chi connectivity index (χ4v) is 2.92. The highest BCUT2D eigenvalue weighted by atomic mass is 19.4. The predicted octanol–water partition coefficient (Wildman–Crippen LogP) is 1.37. The average molecular weight is 304 g/mol. The Morgan fingerprint density at radius 1 is 1.29 bits per heavy atom. The first-order valence-corrected chi connectivity index (χ1v) is 6.73. The monoisotopic (exact) mass is 304 g/mol. The van der Waals surface area contributed by atoms with E-state index in [0.717, 1.165) is 17.4 Å².